The van der Waals surface area contributed by atoms with Crippen molar-refractivity contribution < 1.29 is 24.0 Å². The fourth-order valence-electron chi connectivity index (χ4n) is 3.11. The van der Waals surface area contributed by atoms with Gasteiger partial charge in [-0.3, -0.25) is 9.59 Å². The van der Waals surface area contributed by atoms with Crippen molar-refractivity contribution in [3.8, 4) is 11.1 Å². The Hall–Kier alpha value is -1.35. The molecule has 0 aliphatic carbocycles. The van der Waals surface area contributed by atoms with Crippen molar-refractivity contribution in [1.82, 2.24) is 5.48 Å². The van der Waals surface area contributed by atoms with E-state index in [2.05, 4.69) is 17.6 Å². The number of ether oxygens (including phenoxy) is 1. The third kappa shape index (κ3) is 10.2. The van der Waals surface area contributed by atoms with Gasteiger partial charge in [0.1, 0.15) is 6.29 Å². The van der Waals surface area contributed by atoms with Gasteiger partial charge in [-0.15, -0.1) is 5.48 Å². The predicted octanol–water partition coefficient (Wildman–Crippen LogP) is 3.23. The molecule has 0 aliphatic heterocycles. The van der Waals surface area contributed by atoms with Gasteiger partial charge in [-0.2, -0.15) is 0 Å². The Balaban J connectivity index is 0.00000480. The topological polar surface area (TPSA) is 81.7 Å². The Kier molecular flexibility index (Phi) is 13.8. The van der Waals surface area contributed by atoms with E-state index in [0.29, 0.717) is 25.7 Å². The second kappa shape index (κ2) is 15.4. The summed E-state index contributed by atoms with van der Waals surface area (Å²) >= 11 is 0. The molecule has 0 aromatic heterocycles. The van der Waals surface area contributed by atoms with Gasteiger partial charge < -0.3 is 14.4 Å². The quantitative estimate of drug-likeness (QED) is 0.231. The third-order valence-corrected chi connectivity index (χ3v) is 4.68. The summed E-state index contributed by atoms with van der Waals surface area (Å²) < 4.78 is 5.08. The van der Waals surface area contributed by atoms with E-state index in [9.17, 15) is 14.4 Å². The maximum atomic E-state index is 12.0. The van der Waals surface area contributed by atoms with E-state index in [0.717, 1.165) is 16.7 Å². The Labute approximate surface area is 226 Å². The van der Waals surface area contributed by atoms with Gasteiger partial charge in [-0.1, -0.05) is 61.5 Å². The minimum atomic E-state index is -0.504. The fourth-order valence-corrected chi connectivity index (χ4v) is 3.11. The Morgan fingerprint density at radius 1 is 1.03 bits per heavy atom. The molecular formula is C24H30KNO5. The summed E-state index contributed by atoms with van der Waals surface area (Å²) in [5.74, 6) is -1.13. The number of hydrogen-bond donors (Lipinski definition) is 1. The molecule has 162 valence electrons. The molecule has 1 N–H and O–H groups in total. The van der Waals surface area contributed by atoms with Gasteiger partial charge in [0, 0.05) is 12.5 Å². The Morgan fingerprint density at radius 3 is 2.29 bits per heavy atom. The first-order chi connectivity index (χ1) is 14.5. The van der Waals surface area contributed by atoms with Crippen LogP contribution >= 0.6 is 0 Å². The van der Waals surface area contributed by atoms with E-state index in [4.69, 9.17) is 9.57 Å². The molecule has 2 atom stereocenters. The van der Waals surface area contributed by atoms with Crippen molar-refractivity contribution in [2.75, 3.05) is 6.61 Å². The first kappa shape index (κ1) is 27.7. The average molecular weight is 452 g/mol. The van der Waals surface area contributed by atoms with Gasteiger partial charge in [0.15, 0.2) is 0 Å². The fraction of sp³-hybridized carbons (Fsp3) is 0.375. The number of carbonyl (C=O) groups excluding carboxylic acids is 3. The summed E-state index contributed by atoms with van der Waals surface area (Å²) in [6, 6.07) is 18.0. The zero-order chi connectivity index (χ0) is 21.8. The van der Waals surface area contributed by atoms with E-state index in [1.807, 2.05) is 42.5 Å². The summed E-state index contributed by atoms with van der Waals surface area (Å²) in [5.41, 5.74) is 6.08. The number of esters is 1. The van der Waals surface area contributed by atoms with Gasteiger partial charge in [0.2, 0.25) is 0 Å². The zero-order valence-electron chi connectivity index (χ0n) is 17.5. The van der Waals surface area contributed by atoms with Gasteiger partial charge in [-0.25, -0.2) is 0 Å². The van der Waals surface area contributed by atoms with Crippen molar-refractivity contribution in [3.05, 3.63) is 60.2 Å². The number of benzene rings is 2. The molecule has 7 heteroatoms. The monoisotopic (exact) mass is 451 g/mol. The molecule has 0 saturated carbocycles. The van der Waals surface area contributed by atoms with Crippen LogP contribution in [0, 0.1) is 5.92 Å². The molecule has 0 unspecified atom stereocenters. The van der Waals surface area contributed by atoms with Crippen molar-refractivity contribution >= 4 is 69.6 Å². The van der Waals surface area contributed by atoms with Crippen molar-refractivity contribution in [2.45, 2.75) is 45.6 Å². The summed E-state index contributed by atoms with van der Waals surface area (Å²) in [5, 5.41) is 0. The van der Waals surface area contributed by atoms with Crippen LogP contribution in [0.5, 0.6) is 0 Å². The summed E-state index contributed by atoms with van der Waals surface area (Å²) in [6.07, 6.45) is 1.82. The molecule has 0 saturated heterocycles. The first-order valence-electron chi connectivity index (χ1n) is 10.2. The molecule has 0 bridgehead atoms. The van der Waals surface area contributed by atoms with E-state index in [1.54, 1.807) is 13.8 Å². The summed E-state index contributed by atoms with van der Waals surface area (Å²) in [6.45, 7) is 3.88. The molecule has 0 aliphatic rings. The van der Waals surface area contributed by atoms with Gasteiger partial charge in [0.25, 0.3) is 0 Å². The van der Waals surface area contributed by atoms with Crippen LogP contribution in [0.1, 0.15) is 38.7 Å². The van der Waals surface area contributed by atoms with Gasteiger partial charge >= 0.3 is 63.3 Å². The van der Waals surface area contributed by atoms with Crippen molar-refractivity contribution in [2.24, 2.45) is 5.92 Å². The van der Waals surface area contributed by atoms with Crippen LogP contribution in [0.2, 0.25) is 0 Å². The van der Waals surface area contributed by atoms with Crippen LogP contribution in [0.3, 0.4) is 0 Å². The average Bonchev–Trinajstić information content (AvgIpc) is 2.77. The Bertz CT molecular complexity index is 810. The molecular weight excluding hydrogens is 421 g/mol. The van der Waals surface area contributed by atoms with Crippen molar-refractivity contribution in [3.63, 3.8) is 0 Å². The Morgan fingerprint density at radius 2 is 1.68 bits per heavy atom. The normalized spacial score (nSPS) is 12.2. The molecule has 0 amide bonds. The summed E-state index contributed by atoms with van der Waals surface area (Å²) in [7, 11) is 0. The van der Waals surface area contributed by atoms with E-state index in [1.165, 1.54) is 0 Å². The SMILES string of the molecule is CCOC(=O)[C@H](C)C[C@@H](Cc1ccc(-c2ccccc2)cc1)NOC(=O)CCC=O.[KH]. The molecule has 31 heavy (non-hydrogen) atoms. The number of hydroxylamine groups is 1. The van der Waals surface area contributed by atoms with Crippen LogP contribution in [-0.4, -0.2) is 82.3 Å². The van der Waals surface area contributed by atoms with E-state index < -0.39 is 5.97 Å². The number of aldehydes is 1. The molecule has 0 heterocycles. The van der Waals surface area contributed by atoms with Gasteiger partial charge in [-0.05, 0) is 36.5 Å². The molecule has 0 spiro atoms. The van der Waals surface area contributed by atoms with Crippen LogP contribution in [0.25, 0.3) is 11.1 Å². The molecule has 2 aromatic carbocycles. The van der Waals surface area contributed by atoms with Crippen LogP contribution in [0.15, 0.2) is 54.6 Å². The predicted molar refractivity (Wildman–Crippen MR) is 121 cm³/mol. The first-order valence-corrected chi connectivity index (χ1v) is 10.2. The molecule has 0 fully saturated rings. The molecule has 2 aromatic rings. The number of hydrogen-bond acceptors (Lipinski definition) is 6. The summed E-state index contributed by atoms with van der Waals surface area (Å²) in [4.78, 5) is 39.3. The van der Waals surface area contributed by atoms with Crippen molar-refractivity contribution in [1.29, 1.82) is 0 Å². The molecule has 0 radical (unpaired) electrons. The zero-order valence-corrected chi connectivity index (χ0v) is 17.5. The van der Waals surface area contributed by atoms with E-state index >= 15 is 0 Å². The second-order valence-electron chi connectivity index (χ2n) is 7.15. The molecule has 6 nitrogen and oxygen atoms in total. The van der Waals surface area contributed by atoms with Crippen LogP contribution in [0.4, 0.5) is 0 Å². The number of carbonyl (C=O) groups is 3. The van der Waals surface area contributed by atoms with E-state index in [-0.39, 0.29) is 82.2 Å². The maximum absolute atomic E-state index is 12.0. The number of rotatable bonds is 12. The number of nitrogens with one attached hydrogen (secondary N) is 1. The second-order valence-corrected chi connectivity index (χ2v) is 7.15. The minimum absolute atomic E-state index is 0. The van der Waals surface area contributed by atoms with Gasteiger partial charge in [0.05, 0.1) is 18.9 Å². The van der Waals surface area contributed by atoms with Crippen LogP contribution < -0.4 is 5.48 Å². The molecule has 2 rings (SSSR count). The van der Waals surface area contributed by atoms with Crippen LogP contribution in [-0.2, 0) is 30.4 Å². The third-order valence-electron chi connectivity index (χ3n) is 4.68. The standard InChI is InChI=1S/C24H29NO5.K.H/c1-3-29-24(28)18(2)16-22(25-30-23(27)10-7-15-26)17-19-11-13-21(14-12-19)20-8-5-4-6-9-20;;/h4-6,8-9,11-15,18,22,25H,3,7,10,16-17H2,1-2H3;;/t18-,22+;;/m1../s1.